The van der Waals surface area contributed by atoms with E-state index in [1.165, 1.54) is 0 Å². The lowest BCUT2D eigenvalue weighted by Crippen LogP contribution is -2.53. The van der Waals surface area contributed by atoms with E-state index < -0.39 is 23.4 Å². The molecule has 12 heteroatoms. The third kappa shape index (κ3) is 12.6. The fourth-order valence-electron chi connectivity index (χ4n) is 3.82. The Morgan fingerprint density at radius 2 is 0.864 bits per heavy atom. The van der Waals surface area contributed by atoms with E-state index >= 15 is 0 Å². The van der Waals surface area contributed by atoms with E-state index in [4.69, 9.17) is 37.9 Å². The number of ether oxygens (including phenoxy) is 8. The second-order valence-electron chi connectivity index (χ2n) is 11.7. The molecule has 2 aromatic rings. The maximum Gasteiger partial charge on any atom is 0.434 e. The molecule has 244 valence electrons. The number of hydrogen-bond acceptors (Lipinski definition) is 10. The van der Waals surface area contributed by atoms with E-state index in [1.807, 2.05) is 0 Å². The van der Waals surface area contributed by atoms with Crippen LogP contribution >= 0.6 is 0 Å². The standard InChI is InChI=1S/C32H46N2O10/c1-31(2,3)43-29(35)33-25-9-7-11-27(23-25)41-21-19-39-17-15-37-13-14-38-16-18-40-20-22-42-28-12-8-10-26(24-28)34(33)30(36)44-32(4,5)6/h7-12,23-24H,13-22H2,1-6H3. The highest BCUT2D eigenvalue weighted by atomic mass is 16.6. The van der Waals surface area contributed by atoms with E-state index in [-0.39, 0.29) is 13.2 Å². The lowest BCUT2D eigenvalue weighted by molar-refractivity contribution is -0.00699. The molecule has 2 amide bonds. The molecule has 0 saturated heterocycles. The van der Waals surface area contributed by atoms with Gasteiger partial charge < -0.3 is 37.9 Å². The largest absolute Gasteiger partial charge is 0.491 e. The zero-order valence-electron chi connectivity index (χ0n) is 26.7. The monoisotopic (exact) mass is 618 g/mol. The van der Waals surface area contributed by atoms with Crippen LogP contribution in [0, 0.1) is 0 Å². The van der Waals surface area contributed by atoms with Crippen LogP contribution < -0.4 is 19.5 Å². The van der Waals surface area contributed by atoms with Crippen molar-refractivity contribution in [1.29, 1.82) is 0 Å². The predicted octanol–water partition coefficient (Wildman–Crippen LogP) is 5.62. The smallest absolute Gasteiger partial charge is 0.434 e. The molecular formula is C32H46N2O10. The summed E-state index contributed by atoms with van der Waals surface area (Å²) in [7, 11) is 0. The number of benzene rings is 2. The minimum absolute atomic E-state index is 0.258. The van der Waals surface area contributed by atoms with Crippen LogP contribution in [0.15, 0.2) is 48.5 Å². The first-order valence-corrected chi connectivity index (χ1v) is 14.8. The molecule has 0 aromatic heterocycles. The Bertz CT molecular complexity index is 1090. The summed E-state index contributed by atoms with van der Waals surface area (Å²) in [5.74, 6) is 0.924. The van der Waals surface area contributed by atoms with Crippen LogP contribution in [0.1, 0.15) is 41.5 Å². The maximum atomic E-state index is 13.8. The molecule has 1 aliphatic heterocycles. The molecule has 0 unspecified atom stereocenters. The van der Waals surface area contributed by atoms with E-state index in [0.717, 1.165) is 10.0 Å². The molecule has 4 bridgehead atoms. The Balaban J connectivity index is 2.00. The first-order chi connectivity index (χ1) is 20.9. The molecule has 0 saturated carbocycles. The molecule has 1 heterocycles. The Labute approximate surface area is 260 Å². The van der Waals surface area contributed by atoms with Crippen LogP contribution in [0.4, 0.5) is 21.0 Å². The van der Waals surface area contributed by atoms with Crippen molar-refractivity contribution in [3.8, 4) is 11.5 Å². The highest BCUT2D eigenvalue weighted by Gasteiger charge is 2.36. The molecule has 2 aromatic carbocycles. The summed E-state index contributed by atoms with van der Waals surface area (Å²) in [5, 5.41) is 2.25. The minimum Gasteiger partial charge on any atom is -0.491 e. The average molecular weight is 619 g/mol. The minimum atomic E-state index is -0.861. The number of carbonyl (C=O) groups excluding carboxylic acids is 2. The van der Waals surface area contributed by atoms with Gasteiger partial charge in [-0.05, 0) is 65.8 Å². The molecular weight excluding hydrogens is 572 g/mol. The lowest BCUT2D eigenvalue weighted by Gasteiger charge is -2.36. The van der Waals surface area contributed by atoms with Crippen LogP contribution in [-0.2, 0) is 28.4 Å². The van der Waals surface area contributed by atoms with Gasteiger partial charge in [0.05, 0.1) is 64.2 Å². The van der Waals surface area contributed by atoms with Gasteiger partial charge in [0.15, 0.2) is 0 Å². The predicted molar refractivity (Wildman–Crippen MR) is 165 cm³/mol. The molecule has 0 N–H and O–H groups in total. The number of rotatable bonds is 0. The van der Waals surface area contributed by atoms with E-state index in [0.29, 0.717) is 75.7 Å². The average Bonchev–Trinajstić information content (AvgIpc) is 2.93. The summed E-state index contributed by atoms with van der Waals surface area (Å²) in [5.41, 5.74) is -1.09. The summed E-state index contributed by atoms with van der Waals surface area (Å²) in [6, 6.07) is 13.6. The highest BCUT2D eigenvalue weighted by Crippen LogP contribution is 2.31. The topological polar surface area (TPSA) is 114 Å². The molecule has 0 atom stereocenters. The molecule has 12 nitrogen and oxygen atoms in total. The van der Waals surface area contributed by atoms with Crippen molar-refractivity contribution in [1.82, 2.24) is 0 Å². The van der Waals surface area contributed by atoms with Gasteiger partial charge in [0.25, 0.3) is 0 Å². The Morgan fingerprint density at radius 3 is 1.18 bits per heavy atom. The number of amides is 2. The van der Waals surface area contributed by atoms with Crippen LogP contribution in [-0.4, -0.2) is 89.5 Å². The van der Waals surface area contributed by atoms with Gasteiger partial charge in [0, 0.05) is 12.1 Å². The van der Waals surface area contributed by atoms with Crippen LogP contribution in [0.3, 0.4) is 0 Å². The van der Waals surface area contributed by atoms with Crippen molar-refractivity contribution in [2.75, 3.05) is 76.1 Å². The fraction of sp³-hybridized carbons (Fsp3) is 0.562. The summed E-state index contributed by atoms with van der Waals surface area (Å²) in [6.45, 7) is 14.2. The first kappa shape index (κ1) is 34.9. The van der Waals surface area contributed by atoms with Gasteiger partial charge >= 0.3 is 12.2 Å². The molecule has 0 spiro atoms. The van der Waals surface area contributed by atoms with Crippen molar-refractivity contribution >= 4 is 23.6 Å². The maximum absolute atomic E-state index is 13.8. The third-order valence-corrected chi connectivity index (χ3v) is 5.57. The molecule has 3 rings (SSSR count). The zero-order chi connectivity index (χ0) is 32.0. The molecule has 1 aliphatic rings. The highest BCUT2D eigenvalue weighted by molar-refractivity contribution is 6.02. The van der Waals surface area contributed by atoms with Crippen molar-refractivity contribution < 1.29 is 47.5 Å². The van der Waals surface area contributed by atoms with Gasteiger partial charge in [-0.1, -0.05) is 12.1 Å². The van der Waals surface area contributed by atoms with Crippen LogP contribution in [0.2, 0.25) is 0 Å². The van der Waals surface area contributed by atoms with Crippen molar-refractivity contribution in [3.63, 3.8) is 0 Å². The van der Waals surface area contributed by atoms with Gasteiger partial charge in [0.1, 0.15) is 35.9 Å². The first-order valence-electron chi connectivity index (χ1n) is 14.8. The fourth-order valence-corrected chi connectivity index (χ4v) is 3.82. The van der Waals surface area contributed by atoms with E-state index in [9.17, 15) is 9.59 Å². The number of fused-ring (bicyclic) bond motifs is 4. The van der Waals surface area contributed by atoms with Crippen LogP contribution in [0.25, 0.3) is 0 Å². The van der Waals surface area contributed by atoms with Gasteiger partial charge in [-0.2, -0.15) is 10.0 Å². The van der Waals surface area contributed by atoms with Crippen molar-refractivity contribution in [2.24, 2.45) is 0 Å². The van der Waals surface area contributed by atoms with Gasteiger partial charge in [0.2, 0.25) is 0 Å². The lowest BCUT2D eigenvalue weighted by atomic mass is 10.2. The molecule has 0 radical (unpaired) electrons. The number of hydrazine groups is 1. The summed E-state index contributed by atoms with van der Waals surface area (Å²) in [4.78, 5) is 27.7. The molecule has 44 heavy (non-hydrogen) atoms. The molecule has 0 fully saturated rings. The summed E-state index contributed by atoms with van der Waals surface area (Å²) in [6.07, 6.45) is -1.60. The molecule has 0 aliphatic carbocycles. The Hall–Kier alpha value is -3.58. The normalized spacial score (nSPS) is 17.0. The van der Waals surface area contributed by atoms with Crippen LogP contribution in [0.5, 0.6) is 11.5 Å². The van der Waals surface area contributed by atoms with Gasteiger partial charge in [-0.3, -0.25) is 0 Å². The number of hydrogen-bond donors (Lipinski definition) is 0. The number of carbonyl (C=O) groups is 2. The van der Waals surface area contributed by atoms with Crippen molar-refractivity contribution in [2.45, 2.75) is 52.7 Å². The second-order valence-corrected chi connectivity index (χ2v) is 11.7. The SMILES string of the molecule is CC(C)(C)OC(=O)N1c2cccc(c2)OCCOCCOCCOCCOCCOc2cccc(c2)N1C(=O)OC(C)(C)C. The van der Waals surface area contributed by atoms with Crippen molar-refractivity contribution in [3.05, 3.63) is 48.5 Å². The van der Waals surface area contributed by atoms with E-state index in [1.54, 1.807) is 90.1 Å². The van der Waals surface area contributed by atoms with Gasteiger partial charge in [-0.15, -0.1) is 0 Å². The number of nitrogens with zero attached hydrogens (tertiary/aromatic N) is 2. The summed E-state index contributed by atoms with van der Waals surface area (Å²) < 4.78 is 45.6. The summed E-state index contributed by atoms with van der Waals surface area (Å²) >= 11 is 0. The second kappa shape index (κ2) is 17.0. The Kier molecular flexibility index (Phi) is 13.5. The third-order valence-electron chi connectivity index (χ3n) is 5.57. The van der Waals surface area contributed by atoms with Gasteiger partial charge in [-0.25, -0.2) is 9.59 Å². The zero-order valence-corrected chi connectivity index (χ0v) is 26.7. The quantitative estimate of drug-likeness (QED) is 0.368. The number of anilines is 2. The Morgan fingerprint density at radius 1 is 0.545 bits per heavy atom. The van der Waals surface area contributed by atoms with E-state index in [2.05, 4.69) is 0 Å².